The number of carbonyl (C=O) groups excluding carboxylic acids is 5. The second kappa shape index (κ2) is 16.4. The Bertz CT molecular complexity index is 2380. The number of hydrogen-bond donors (Lipinski definition) is 4. The number of piperidine rings is 1. The average Bonchev–Trinajstić information content (AvgIpc) is 3.75. The summed E-state index contributed by atoms with van der Waals surface area (Å²) in [6.07, 6.45) is 10.2. The molecule has 4 heterocycles. The number of amides is 5. The Kier molecular flexibility index (Phi) is 11.3. The molecule has 2 aliphatic carbocycles. The van der Waals surface area contributed by atoms with Crippen molar-refractivity contribution in [2.45, 2.75) is 127 Å². The minimum atomic E-state index is -1.70. The fraction of sp³-hybridized carbons (Fsp3) is 0.500. The van der Waals surface area contributed by atoms with E-state index in [4.69, 9.17) is 5.10 Å². The third-order valence-electron chi connectivity index (χ3n) is 13.0. The van der Waals surface area contributed by atoms with Gasteiger partial charge < -0.3 is 20.6 Å². The number of aromatic nitrogens is 3. The van der Waals surface area contributed by atoms with E-state index in [0.717, 1.165) is 73.7 Å². The zero-order valence-corrected chi connectivity index (χ0v) is 35.5. The summed E-state index contributed by atoms with van der Waals surface area (Å²) >= 11 is 0. The van der Waals surface area contributed by atoms with Gasteiger partial charge in [0.25, 0.3) is 17.7 Å². The number of aliphatic hydroxyl groups is 1. The van der Waals surface area contributed by atoms with Crippen LogP contribution >= 0.6 is 0 Å². The summed E-state index contributed by atoms with van der Waals surface area (Å²) in [6, 6.07) is 13.4. The quantitative estimate of drug-likeness (QED) is 0.120. The predicted molar refractivity (Wildman–Crippen MR) is 228 cm³/mol. The summed E-state index contributed by atoms with van der Waals surface area (Å²) in [5, 5.41) is 25.6. The molecule has 14 nitrogen and oxygen atoms in total. The monoisotopic (exact) mass is 834 g/mol. The van der Waals surface area contributed by atoms with Crippen molar-refractivity contribution in [3.63, 3.8) is 0 Å². The van der Waals surface area contributed by atoms with E-state index in [-0.39, 0.29) is 41.9 Å². The molecule has 322 valence electrons. The van der Waals surface area contributed by atoms with Crippen LogP contribution in [0, 0.1) is 5.92 Å². The van der Waals surface area contributed by atoms with Gasteiger partial charge in [0, 0.05) is 53.6 Å². The molecule has 0 bridgehead atoms. The Morgan fingerprint density at radius 1 is 0.918 bits per heavy atom. The highest BCUT2D eigenvalue weighted by molar-refractivity contribution is 6.25. The first-order valence-electron chi connectivity index (χ1n) is 21.5. The van der Waals surface area contributed by atoms with Gasteiger partial charge in [0.1, 0.15) is 17.4 Å². The lowest BCUT2D eigenvalue weighted by Crippen LogP contribution is -2.54. The molecule has 4 N–H and O–H groups in total. The molecule has 8 rings (SSSR count). The number of carbonyl (C=O) groups is 5. The van der Waals surface area contributed by atoms with Crippen molar-refractivity contribution in [1.29, 1.82) is 0 Å². The minimum absolute atomic E-state index is 0.0781. The maximum atomic E-state index is 14.6. The summed E-state index contributed by atoms with van der Waals surface area (Å²) in [4.78, 5) is 72.2. The highest BCUT2D eigenvalue weighted by atomic mass is 19.1. The lowest BCUT2D eigenvalue weighted by Gasteiger charge is -2.38. The molecule has 1 atom stereocenters. The lowest BCUT2D eigenvalue weighted by molar-refractivity contribution is -0.136. The Morgan fingerprint density at radius 3 is 2.33 bits per heavy atom. The topological polar surface area (TPSA) is 179 Å². The zero-order chi connectivity index (χ0) is 43.4. The van der Waals surface area contributed by atoms with E-state index in [1.165, 1.54) is 19.9 Å². The lowest BCUT2D eigenvalue weighted by atomic mass is 9.84. The molecule has 4 aliphatic rings. The second-order valence-corrected chi connectivity index (χ2v) is 18.4. The van der Waals surface area contributed by atoms with E-state index in [0.29, 0.717) is 34.5 Å². The van der Waals surface area contributed by atoms with Gasteiger partial charge in [-0.1, -0.05) is 12.1 Å². The summed E-state index contributed by atoms with van der Waals surface area (Å²) < 4.78 is 16.6. The van der Waals surface area contributed by atoms with Gasteiger partial charge in [0.15, 0.2) is 0 Å². The molecule has 0 spiro atoms. The van der Waals surface area contributed by atoms with Crippen LogP contribution in [0.4, 0.5) is 15.8 Å². The van der Waals surface area contributed by atoms with E-state index >= 15 is 0 Å². The van der Waals surface area contributed by atoms with Gasteiger partial charge in [-0.2, -0.15) is 5.10 Å². The van der Waals surface area contributed by atoms with Crippen molar-refractivity contribution < 1.29 is 33.5 Å². The van der Waals surface area contributed by atoms with Gasteiger partial charge in [0.2, 0.25) is 11.8 Å². The van der Waals surface area contributed by atoms with E-state index < -0.39 is 46.8 Å². The number of nitrogens with zero attached hydrogens (tertiary/aromatic N) is 5. The molecule has 3 fully saturated rings. The van der Waals surface area contributed by atoms with E-state index in [2.05, 4.69) is 32.9 Å². The van der Waals surface area contributed by atoms with Crippen molar-refractivity contribution in [3.05, 3.63) is 82.8 Å². The number of halogens is 1. The zero-order valence-electron chi connectivity index (χ0n) is 35.5. The number of hydrogen-bond acceptors (Lipinski definition) is 10. The van der Waals surface area contributed by atoms with Crippen LogP contribution < -0.4 is 16.0 Å². The molecular weight excluding hydrogens is 780 g/mol. The molecule has 4 aromatic rings. The molecule has 1 saturated heterocycles. The predicted octanol–water partition coefficient (Wildman–Crippen LogP) is 6.60. The number of imide groups is 2. The Morgan fingerprint density at radius 2 is 1.64 bits per heavy atom. The molecule has 0 radical (unpaired) electrons. The van der Waals surface area contributed by atoms with Crippen molar-refractivity contribution >= 4 is 51.8 Å². The van der Waals surface area contributed by atoms with Crippen molar-refractivity contribution in [2.24, 2.45) is 5.92 Å². The Balaban J connectivity index is 0.846. The highest BCUT2D eigenvalue weighted by Crippen LogP contribution is 2.38. The van der Waals surface area contributed by atoms with Gasteiger partial charge in [-0.25, -0.2) is 9.37 Å². The second-order valence-electron chi connectivity index (χ2n) is 18.4. The number of pyridine rings is 1. The van der Waals surface area contributed by atoms with E-state index in [1.54, 1.807) is 38.1 Å². The Hall–Kier alpha value is -5.54. The average molecular weight is 835 g/mol. The molecule has 61 heavy (non-hydrogen) atoms. The van der Waals surface area contributed by atoms with Crippen LogP contribution in [0.2, 0.25) is 0 Å². The van der Waals surface area contributed by atoms with Crippen molar-refractivity contribution in [1.82, 2.24) is 29.9 Å². The maximum Gasteiger partial charge on any atom is 0.274 e. The van der Waals surface area contributed by atoms with Crippen LogP contribution in [-0.4, -0.2) is 90.9 Å². The fourth-order valence-electron chi connectivity index (χ4n) is 9.63. The molecule has 5 amide bonds. The van der Waals surface area contributed by atoms with Crippen LogP contribution in [0.25, 0.3) is 10.9 Å². The van der Waals surface area contributed by atoms with Crippen LogP contribution in [0.1, 0.15) is 140 Å². The summed E-state index contributed by atoms with van der Waals surface area (Å²) in [5.41, 5.74) is 0.139. The van der Waals surface area contributed by atoms with Crippen LogP contribution in [-0.2, 0) is 20.9 Å². The number of nitrogens with one attached hydrogen (secondary N) is 3. The third kappa shape index (κ3) is 8.67. The largest absolute Gasteiger partial charge is 0.386 e. The first-order chi connectivity index (χ1) is 28.9. The first-order valence-corrected chi connectivity index (χ1v) is 21.5. The summed E-state index contributed by atoms with van der Waals surface area (Å²) in [6.45, 7) is 7.12. The molecule has 2 aromatic heterocycles. The van der Waals surface area contributed by atoms with Crippen LogP contribution in [0.15, 0.2) is 54.7 Å². The number of fused-ring (bicyclic) bond motifs is 2. The highest BCUT2D eigenvalue weighted by Gasteiger charge is 2.46. The first kappa shape index (κ1) is 42.2. The van der Waals surface area contributed by atoms with Crippen molar-refractivity contribution in [3.8, 4) is 0 Å². The van der Waals surface area contributed by atoms with E-state index in [9.17, 15) is 33.5 Å². The molecule has 15 heteroatoms. The van der Waals surface area contributed by atoms with Gasteiger partial charge >= 0.3 is 0 Å². The van der Waals surface area contributed by atoms with E-state index in [1.807, 2.05) is 29.1 Å². The SMILES string of the molecule is CN(C[C@H]1CC[C@H](n2cc3cc(NC(=O)c4cccc(C(C)(C)F)n4)c(C(C)(C)O)cc3n2)CC1)[C@H]1CC[C@H](Nc2cccc3c2C(=O)N(C2CCC(=O)NC2=O)C3=O)CC1. The number of anilines is 2. The number of rotatable bonds is 11. The maximum absolute atomic E-state index is 14.6. The smallest absolute Gasteiger partial charge is 0.274 e. The van der Waals surface area contributed by atoms with Gasteiger partial charge in [-0.15, -0.1) is 0 Å². The van der Waals surface area contributed by atoms with Gasteiger partial charge in [-0.05, 0) is 135 Å². The molecule has 1 unspecified atom stereocenters. The molecule has 2 aliphatic heterocycles. The number of alkyl halides is 1. The van der Waals surface area contributed by atoms with Crippen molar-refractivity contribution in [2.75, 3.05) is 24.2 Å². The third-order valence-corrected chi connectivity index (χ3v) is 13.0. The Labute approximate surface area is 354 Å². The fourth-order valence-corrected chi connectivity index (χ4v) is 9.63. The minimum Gasteiger partial charge on any atom is -0.386 e. The van der Waals surface area contributed by atoms with Crippen LogP contribution in [0.5, 0.6) is 0 Å². The summed E-state index contributed by atoms with van der Waals surface area (Å²) in [5.74, 6) is -1.96. The molecule has 2 saturated carbocycles. The number of benzene rings is 2. The standard InChI is InChI=1S/C46H55FN8O6/c1-45(2,47)38-11-7-10-34(49-38)41(57)50-36-22-27-25-54(52-35(27)23-32(36)46(3,4)61)30-16-12-26(13-17-30)24-53(5)29-18-14-28(15-19-29)48-33-9-6-8-31-40(33)44(60)55(43(31)59)37-20-21-39(56)51-42(37)58/h6-11,22-23,25-26,28-30,37,48,61H,12-21,24H2,1-5H3,(H,50,57)(H,51,56,58)/t26-,28-,29-,30-,37?. The summed E-state index contributed by atoms with van der Waals surface area (Å²) in [7, 11) is 2.22. The molecular formula is C46H55FN8O6. The van der Waals surface area contributed by atoms with Crippen LogP contribution in [0.3, 0.4) is 0 Å². The molecule has 2 aromatic carbocycles. The normalized spacial score (nSPS) is 23.7. The van der Waals surface area contributed by atoms with Gasteiger partial charge in [0.05, 0.1) is 34.0 Å². The van der Waals surface area contributed by atoms with Gasteiger partial charge in [-0.3, -0.25) is 38.9 Å².